The van der Waals surface area contributed by atoms with Crippen molar-refractivity contribution in [2.75, 3.05) is 0 Å². The summed E-state index contributed by atoms with van der Waals surface area (Å²) in [7, 11) is 0. The van der Waals surface area contributed by atoms with Crippen LogP contribution in [0.4, 0.5) is 0 Å². The van der Waals surface area contributed by atoms with Gasteiger partial charge in [-0.2, -0.15) is 0 Å². The van der Waals surface area contributed by atoms with Crippen LogP contribution in [0.3, 0.4) is 0 Å². The van der Waals surface area contributed by atoms with Gasteiger partial charge in [-0.25, -0.2) is 4.98 Å². The van der Waals surface area contributed by atoms with E-state index in [0.29, 0.717) is 0 Å². The Labute approximate surface area is 149 Å². The minimum atomic E-state index is 0.984. The maximum absolute atomic E-state index is 4.85. The van der Waals surface area contributed by atoms with Crippen LogP contribution in [-0.4, -0.2) is 14.5 Å². The molecule has 3 aromatic heterocycles. The summed E-state index contributed by atoms with van der Waals surface area (Å²) in [6.45, 7) is 0. The van der Waals surface area contributed by atoms with Gasteiger partial charge in [0.15, 0.2) is 0 Å². The van der Waals surface area contributed by atoms with Crippen LogP contribution in [0.2, 0.25) is 0 Å². The smallest absolute Gasteiger partial charge is 0.147 e. The second-order valence-electron chi connectivity index (χ2n) is 6.62. The van der Waals surface area contributed by atoms with E-state index in [1.165, 1.54) is 37.8 Å². The molecule has 0 amide bonds. The molecule has 3 aromatic carbocycles. The molecule has 122 valence electrons. The Morgan fingerprint density at radius 3 is 2.27 bits per heavy atom. The molecule has 0 aliphatic heterocycles. The van der Waals surface area contributed by atoms with Crippen LogP contribution in [0, 0.1) is 0 Å². The third-order valence-electron chi connectivity index (χ3n) is 5.21. The van der Waals surface area contributed by atoms with E-state index in [9.17, 15) is 0 Å². The number of benzene rings is 3. The topological polar surface area (TPSA) is 33.6 Å². The predicted molar refractivity (Wildman–Crippen MR) is 108 cm³/mol. The Kier molecular flexibility index (Phi) is 2.61. The van der Waals surface area contributed by atoms with E-state index in [1.807, 2.05) is 6.20 Å². The van der Waals surface area contributed by atoms with Crippen LogP contribution >= 0.6 is 0 Å². The first-order valence-corrected chi connectivity index (χ1v) is 8.75. The number of aromatic amines is 1. The normalized spacial score (nSPS) is 11.8. The Bertz CT molecular complexity index is 1440. The van der Waals surface area contributed by atoms with Gasteiger partial charge in [0.1, 0.15) is 11.5 Å². The molecule has 0 atom stereocenters. The summed E-state index contributed by atoms with van der Waals surface area (Å²) in [6, 6.07) is 25.4. The summed E-state index contributed by atoms with van der Waals surface area (Å²) in [5.74, 6) is 1.06. The molecular formula is C23H15N3. The Morgan fingerprint density at radius 2 is 1.38 bits per heavy atom. The summed E-state index contributed by atoms with van der Waals surface area (Å²) in [6.07, 6.45) is 4.03. The van der Waals surface area contributed by atoms with E-state index in [1.54, 1.807) is 0 Å². The SMILES string of the molecule is c1ccc2c(-n3c4ccccc4c4c5ccccc5cnc43)[nH]cc2c1. The van der Waals surface area contributed by atoms with E-state index in [4.69, 9.17) is 4.98 Å². The molecule has 26 heavy (non-hydrogen) atoms. The Morgan fingerprint density at radius 1 is 0.692 bits per heavy atom. The lowest BCUT2D eigenvalue weighted by Gasteiger charge is -2.06. The fraction of sp³-hybridized carbons (Fsp3) is 0. The van der Waals surface area contributed by atoms with Crippen LogP contribution in [0.5, 0.6) is 0 Å². The fourth-order valence-corrected chi connectivity index (χ4v) is 4.06. The van der Waals surface area contributed by atoms with E-state index >= 15 is 0 Å². The predicted octanol–water partition coefficient (Wildman–Crippen LogP) is 5.81. The number of fused-ring (bicyclic) bond motifs is 6. The third-order valence-corrected chi connectivity index (χ3v) is 5.21. The highest BCUT2D eigenvalue weighted by atomic mass is 15.1. The van der Waals surface area contributed by atoms with Crippen LogP contribution < -0.4 is 0 Å². The Balaban J connectivity index is 1.88. The number of nitrogens with one attached hydrogen (secondary N) is 1. The molecule has 0 unspecified atom stereocenters. The third kappa shape index (κ3) is 1.69. The van der Waals surface area contributed by atoms with Crippen molar-refractivity contribution in [2.24, 2.45) is 0 Å². The lowest BCUT2D eigenvalue weighted by molar-refractivity contribution is 1.09. The van der Waals surface area contributed by atoms with Crippen molar-refractivity contribution in [3.05, 3.63) is 85.2 Å². The van der Waals surface area contributed by atoms with Gasteiger partial charge in [-0.1, -0.05) is 66.7 Å². The zero-order chi connectivity index (χ0) is 17.1. The molecule has 0 saturated heterocycles. The number of pyridine rings is 1. The number of aromatic nitrogens is 3. The summed E-state index contributed by atoms with van der Waals surface area (Å²) < 4.78 is 2.25. The van der Waals surface area contributed by atoms with Gasteiger partial charge in [0.25, 0.3) is 0 Å². The molecular weight excluding hydrogens is 318 g/mol. The molecule has 3 heteroatoms. The fourth-order valence-electron chi connectivity index (χ4n) is 4.06. The lowest BCUT2D eigenvalue weighted by atomic mass is 10.1. The molecule has 6 rings (SSSR count). The number of para-hydroxylation sites is 1. The number of hydrogen-bond donors (Lipinski definition) is 1. The molecule has 3 heterocycles. The number of rotatable bonds is 1. The van der Waals surface area contributed by atoms with Crippen molar-refractivity contribution in [1.29, 1.82) is 0 Å². The number of hydrogen-bond acceptors (Lipinski definition) is 1. The van der Waals surface area contributed by atoms with E-state index in [-0.39, 0.29) is 0 Å². The van der Waals surface area contributed by atoms with Crippen molar-refractivity contribution < 1.29 is 0 Å². The second kappa shape index (κ2) is 4.96. The standard InChI is InChI=1S/C23H15N3/c1-3-9-17-15(7-1)13-25-23-21(17)19-11-5-6-12-20(19)26(23)22-18-10-4-2-8-16(18)14-24-22/h1-14,24H. The largest absolute Gasteiger partial charge is 0.347 e. The average molecular weight is 333 g/mol. The molecule has 3 nitrogen and oxygen atoms in total. The van der Waals surface area contributed by atoms with Gasteiger partial charge in [0.2, 0.25) is 0 Å². The first-order chi connectivity index (χ1) is 12.9. The first-order valence-electron chi connectivity index (χ1n) is 8.75. The average Bonchev–Trinajstić information content (AvgIpc) is 3.26. The maximum atomic E-state index is 4.85. The van der Waals surface area contributed by atoms with Gasteiger partial charge < -0.3 is 4.98 Å². The van der Waals surface area contributed by atoms with Crippen LogP contribution in [0.15, 0.2) is 85.2 Å². The van der Waals surface area contributed by atoms with Crippen molar-refractivity contribution in [3.63, 3.8) is 0 Å². The summed E-state index contributed by atoms with van der Waals surface area (Å²) in [5, 5.41) is 7.24. The molecule has 0 fully saturated rings. The van der Waals surface area contributed by atoms with Crippen molar-refractivity contribution in [3.8, 4) is 5.82 Å². The minimum absolute atomic E-state index is 0.984. The molecule has 1 N–H and O–H groups in total. The summed E-state index contributed by atoms with van der Waals surface area (Å²) in [4.78, 5) is 8.32. The van der Waals surface area contributed by atoms with Gasteiger partial charge in [-0.3, -0.25) is 4.57 Å². The highest BCUT2D eigenvalue weighted by Crippen LogP contribution is 2.36. The van der Waals surface area contributed by atoms with Crippen molar-refractivity contribution >= 4 is 43.5 Å². The Hall–Kier alpha value is -3.59. The lowest BCUT2D eigenvalue weighted by Crippen LogP contribution is -1.96. The molecule has 0 aliphatic rings. The van der Waals surface area contributed by atoms with Crippen LogP contribution in [0.25, 0.3) is 49.3 Å². The van der Waals surface area contributed by atoms with Gasteiger partial charge >= 0.3 is 0 Å². The van der Waals surface area contributed by atoms with Crippen LogP contribution in [-0.2, 0) is 0 Å². The van der Waals surface area contributed by atoms with Crippen molar-refractivity contribution in [1.82, 2.24) is 14.5 Å². The minimum Gasteiger partial charge on any atom is -0.347 e. The van der Waals surface area contributed by atoms with Gasteiger partial charge in [-0.15, -0.1) is 0 Å². The highest BCUT2D eigenvalue weighted by molar-refractivity contribution is 6.20. The molecule has 0 bridgehead atoms. The van der Waals surface area contributed by atoms with E-state index in [2.05, 4.69) is 88.5 Å². The van der Waals surface area contributed by atoms with Gasteiger partial charge in [0, 0.05) is 39.3 Å². The zero-order valence-electron chi connectivity index (χ0n) is 14.0. The quantitative estimate of drug-likeness (QED) is 0.404. The second-order valence-corrected chi connectivity index (χ2v) is 6.62. The van der Waals surface area contributed by atoms with Gasteiger partial charge in [0.05, 0.1) is 5.52 Å². The van der Waals surface area contributed by atoms with Crippen LogP contribution in [0.1, 0.15) is 0 Å². The molecule has 6 aromatic rings. The first kappa shape index (κ1) is 13.7. The van der Waals surface area contributed by atoms with Gasteiger partial charge in [-0.05, 0) is 11.5 Å². The molecule has 0 radical (unpaired) electrons. The summed E-state index contributed by atoms with van der Waals surface area (Å²) >= 11 is 0. The van der Waals surface area contributed by atoms with E-state index < -0.39 is 0 Å². The highest BCUT2D eigenvalue weighted by Gasteiger charge is 2.17. The molecule has 0 spiro atoms. The number of H-pyrrole nitrogens is 1. The monoisotopic (exact) mass is 333 g/mol. The summed E-state index contributed by atoms with van der Waals surface area (Å²) in [5.41, 5.74) is 2.15. The zero-order valence-corrected chi connectivity index (χ0v) is 14.0. The maximum Gasteiger partial charge on any atom is 0.147 e. The molecule has 0 aliphatic carbocycles. The number of nitrogens with zero attached hydrogens (tertiary/aromatic N) is 2. The molecule has 0 saturated carbocycles. The van der Waals surface area contributed by atoms with E-state index in [0.717, 1.165) is 11.5 Å². The van der Waals surface area contributed by atoms with Crippen molar-refractivity contribution in [2.45, 2.75) is 0 Å².